The van der Waals surface area contributed by atoms with Crippen molar-refractivity contribution < 1.29 is 47.2 Å². The third kappa shape index (κ3) is 41.4. The van der Waals surface area contributed by atoms with Crippen LogP contribution in [-0.4, -0.2) is 81.2 Å². The highest BCUT2D eigenvalue weighted by Gasteiger charge is 2.21. The number of esters is 2. The Labute approximate surface area is 347 Å². The Morgan fingerprint density at radius 1 is 0.649 bits per heavy atom. The van der Waals surface area contributed by atoms with Crippen molar-refractivity contribution in [3.63, 3.8) is 0 Å². The van der Waals surface area contributed by atoms with Crippen molar-refractivity contribution in [2.24, 2.45) is 0 Å². The fourth-order valence-electron chi connectivity index (χ4n) is 5.34. The summed E-state index contributed by atoms with van der Waals surface area (Å²) in [4.78, 5) is 37.5. The van der Waals surface area contributed by atoms with Crippen LogP contribution in [0.5, 0.6) is 0 Å². The Balaban J connectivity index is 4.52. The van der Waals surface area contributed by atoms with Crippen LogP contribution in [0, 0.1) is 0 Å². The van der Waals surface area contributed by atoms with Gasteiger partial charge in [-0.2, -0.15) is 0 Å². The van der Waals surface area contributed by atoms with Gasteiger partial charge in [0.2, 0.25) is 0 Å². The van der Waals surface area contributed by atoms with E-state index in [-0.39, 0.29) is 32.2 Å². The first kappa shape index (κ1) is 54.4. The second kappa shape index (κ2) is 37.7. The predicted molar refractivity (Wildman–Crippen MR) is 232 cm³/mol. The number of carbonyl (C=O) groups is 2. The quantitative estimate of drug-likeness (QED) is 0.0161. The van der Waals surface area contributed by atoms with Crippen LogP contribution in [0.15, 0.2) is 72.9 Å². The van der Waals surface area contributed by atoms with Gasteiger partial charge in [0, 0.05) is 12.8 Å². The molecule has 10 nitrogen and oxygen atoms in total. The first-order valence-electron chi connectivity index (χ1n) is 21.8. The molecule has 0 saturated carbocycles. The van der Waals surface area contributed by atoms with Crippen molar-refractivity contribution in [2.45, 2.75) is 161 Å². The number of phosphoric acid groups is 1. The van der Waals surface area contributed by atoms with Crippen molar-refractivity contribution in [3.8, 4) is 0 Å². The van der Waals surface area contributed by atoms with Crippen molar-refractivity contribution in [1.82, 2.24) is 0 Å². The molecule has 328 valence electrons. The van der Waals surface area contributed by atoms with Crippen LogP contribution in [-0.2, 0) is 32.7 Å². The molecule has 3 atom stereocenters. The molecular formula is C46H80NO9P. The molecule has 0 radical (unpaired) electrons. The van der Waals surface area contributed by atoms with E-state index < -0.39 is 32.5 Å². The minimum absolute atomic E-state index is 0.0525. The number of aliphatic hydroxyl groups is 1. The van der Waals surface area contributed by atoms with E-state index in [1.54, 1.807) is 6.08 Å². The average Bonchev–Trinajstić information content (AvgIpc) is 3.16. The summed E-state index contributed by atoms with van der Waals surface area (Å²) in [5.41, 5.74) is 0. The molecule has 0 rings (SSSR count). The van der Waals surface area contributed by atoms with Crippen LogP contribution < -0.4 is 4.89 Å². The summed E-state index contributed by atoms with van der Waals surface area (Å²) in [7, 11) is 1.09. The average molecular weight is 822 g/mol. The van der Waals surface area contributed by atoms with Gasteiger partial charge in [0.05, 0.1) is 33.9 Å². The molecule has 0 spiro atoms. The number of unbranched alkanes of at least 4 members (excludes halogenated alkanes) is 12. The number of carbonyl (C=O) groups excluding carboxylic acids is 2. The lowest BCUT2D eigenvalue weighted by molar-refractivity contribution is -0.870. The zero-order chi connectivity index (χ0) is 42.3. The van der Waals surface area contributed by atoms with E-state index in [4.69, 9.17) is 18.5 Å². The lowest BCUT2D eigenvalue weighted by atomic mass is 10.0. The summed E-state index contributed by atoms with van der Waals surface area (Å²) < 4.78 is 33.7. The summed E-state index contributed by atoms with van der Waals surface area (Å²) in [6, 6.07) is 0. The number of allylic oxidation sites excluding steroid dienone is 11. The molecule has 57 heavy (non-hydrogen) atoms. The molecule has 0 aromatic carbocycles. The normalized spacial score (nSPS) is 14.9. The Kier molecular flexibility index (Phi) is 36.0. The topological polar surface area (TPSA) is 131 Å². The van der Waals surface area contributed by atoms with Gasteiger partial charge >= 0.3 is 11.9 Å². The van der Waals surface area contributed by atoms with Gasteiger partial charge in [-0.25, -0.2) is 0 Å². The van der Waals surface area contributed by atoms with Crippen molar-refractivity contribution in [2.75, 3.05) is 47.5 Å². The molecule has 1 N–H and O–H groups in total. The van der Waals surface area contributed by atoms with Crippen LogP contribution in [0.25, 0.3) is 0 Å². The van der Waals surface area contributed by atoms with Crippen LogP contribution in [0.2, 0.25) is 0 Å². The van der Waals surface area contributed by atoms with Gasteiger partial charge < -0.3 is 33.0 Å². The number of hydrogen-bond acceptors (Lipinski definition) is 9. The van der Waals surface area contributed by atoms with E-state index in [9.17, 15) is 24.2 Å². The zero-order valence-electron chi connectivity index (χ0n) is 36.4. The highest BCUT2D eigenvalue weighted by atomic mass is 31.2. The SMILES string of the molecule is CCCCCCCCCCCCCCCC(=O)OCC(COP(=O)([O-])OCC[N+](C)(C)C)OC(=O)CC/C=C\C/C=C\C/C=C\C/C=C\C/C=C\C=C\C(O)CC. The van der Waals surface area contributed by atoms with Gasteiger partial charge in [-0.1, -0.05) is 164 Å². The number of likely N-dealkylation sites (N-methyl/N-ethyl adjacent to an activating group) is 1. The number of quaternary nitrogens is 1. The third-order valence-corrected chi connectivity index (χ3v) is 9.88. The zero-order valence-corrected chi connectivity index (χ0v) is 37.3. The lowest BCUT2D eigenvalue weighted by Gasteiger charge is -2.28. The second-order valence-corrected chi connectivity index (χ2v) is 16.9. The first-order chi connectivity index (χ1) is 27.4. The van der Waals surface area contributed by atoms with Crippen molar-refractivity contribution >= 4 is 19.8 Å². The molecule has 0 aliphatic rings. The fourth-order valence-corrected chi connectivity index (χ4v) is 6.07. The van der Waals surface area contributed by atoms with Crippen LogP contribution >= 0.6 is 7.82 Å². The molecule has 0 aromatic rings. The van der Waals surface area contributed by atoms with Crippen LogP contribution in [0.4, 0.5) is 0 Å². The summed E-state index contributed by atoms with van der Waals surface area (Å²) >= 11 is 0. The van der Waals surface area contributed by atoms with Crippen molar-refractivity contribution in [3.05, 3.63) is 72.9 Å². The van der Waals surface area contributed by atoms with Gasteiger partial charge in [0.25, 0.3) is 7.82 Å². The molecule has 0 amide bonds. The van der Waals surface area contributed by atoms with Gasteiger partial charge in [0.1, 0.15) is 19.8 Å². The number of ether oxygens (including phenoxy) is 2. The molecule has 11 heteroatoms. The van der Waals surface area contributed by atoms with Gasteiger partial charge in [-0.15, -0.1) is 0 Å². The van der Waals surface area contributed by atoms with Gasteiger partial charge in [-0.3, -0.25) is 14.2 Å². The van der Waals surface area contributed by atoms with Crippen molar-refractivity contribution in [1.29, 1.82) is 0 Å². The number of nitrogens with zero attached hydrogens (tertiary/aromatic N) is 1. The number of aliphatic hydroxyl groups excluding tert-OH is 1. The summed E-state index contributed by atoms with van der Waals surface area (Å²) in [5, 5.41) is 9.47. The fraction of sp³-hybridized carbons (Fsp3) is 0.696. The smallest absolute Gasteiger partial charge is 0.306 e. The Morgan fingerprint density at radius 3 is 1.68 bits per heavy atom. The van der Waals surface area contributed by atoms with E-state index in [1.807, 2.05) is 58.4 Å². The third-order valence-electron chi connectivity index (χ3n) is 8.91. The Morgan fingerprint density at radius 2 is 1.16 bits per heavy atom. The maximum Gasteiger partial charge on any atom is 0.306 e. The van der Waals surface area contributed by atoms with Gasteiger partial charge in [0.15, 0.2) is 6.10 Å². The summed E-state index contributed by atoms with van der Waals surface area (Å²) in [6.45, 7) is 3.78. The van der Waals surface area contributed by atoms with E-state index in [0.717, 1.165) is 44.9 Å². The summed E-state index contributed by atoms with van der Waals surface area (Å²) in [5.74, 6) is -0.952. The minimum Gasteiger partial charge on any atom is -0.756 e. The van der Waals surface area contributed by atoms with Gasteiger partial charge in [-0.05, 0) is 44.9 Å². The first-order valence-corrected chi connectivity index (χ1v) is 23.2. The maximum atomic E-state index is 12.6. The van der Waals surface area contributed by atoms with E-state index >= 15 is 0 Å². The summed E-state index contributed by atoms with van der Waals surface area (Å²) in [6.07, 6.45) is 43.2. The minimum atomic E-state index is -4.65. The Hall–Kier alpha value is -2.59. The molecular weight excluding hydrogens is 741 g/mol. The number of rotatable bonds is 38. The number of hydrogen-bond donors (Lipinski definition) is 1. The molecule has 0 heterocycles. The molecule has 0 aromatic heterocycles. The maximum absolute atomic E-state index is 12.6. The second-order valence-electron chi connectivity index (χ2n) is 15.5. The molecule has 3 unspecified atom stereocenters. The molecule has 0 aliphatic carbocycles. The van der Waals surface area contributed by atoms with E-state index in [2.05, 4.69) is 43.4 Å². The molecule has 0 aliphatic heterocycles. The monoisotopic (exact) mass is 822 g/mol. The number of phosphoric ester groups is 1. The molecule has 0 bridgehead atoms. The highest BCUT2D eigenvalue weighted by Crippen LogP contribution is 2.38. The molecule has 0 saturated heterocycles. The highest BCUT2D eigenvalue weighted by molar-refractivity contribution is 7.45. The molecule has 0 fully saturated rings. The van der Waals surface area contributed by atoms with Crippen LogP contribution in [0.1, 0.15) is 149 Å². The predicted octanol–water partition coefficient (Wildman–Crippen LogP) is 10.6. The van der Waals surface area contributed by atoms with E-state index in [0.29, 0.717) is 23.9 Å². The largest absolute Gasteiger partial charge is 0.756 e. The Bertz CT molecular complexity index is 1220. The lowest BCUT2D eigenvalue weighted by Crippen LogP contribution is -2.37. The standard InChI is InChI=1S/C46H80NO9P/c1-6-8-9-10-11-12-13-18-22-25-28-31-34-37-45(49)53-41-44(42-55-57(51,52)54-40-39-47(3,4)5)56-46(50)38-35-32-29-26-23-20-17-15-14-16-19-21-24-27-30-33-36-43(48)7-2/h14-15,19-21,23,27,29-30,32-33,36,43-44,48H,6-13,16-18,22,24-26,28,31,34-35,37-42H2,1-5H3/b15-14-,21-19-,23-20-,30-27-,32-29-,36-33+. The van der Waals surface area contributed by atoms with Crippen LogP contribution in [0.3, 0.4) is 0 Å². The van der Waals surface area contributed by atoms with E-state index in [1.165, 1.54) is 64.2 Å².